The number of Topliss-reactive ketones (excluding diaryl/α,β-unsaturated/α-hetero) is 1. The number of hydrogen-bond acceptors (Lipinski definition) is 9. The predicted molar refractivity (Wildman–Crippen MR) is 141 cm³/mol. The summed E-state index contributed by atoms with van der Waals surface area (Å²) in [5.74, 6) is -3.16. The average molecular weight is 530 g/mol. The molecule has 8 nitrogen and oxygen atoms in total. The summed E-state index contributed by atoms with van der Waals surface area (Å²) in [6.45, 7) is 7.14. The number of nitrogens with two attached hydrogens (primary N) is 2. The third-order valence-electron chi connectivity index (χ3n) is 7.18. The lowest BCUT2D eigenvalue weighted by atomic mass is 9.60. The van der Waals surface area contributed by atoms with Gasteiger partial charge in [0.25, 0.3) is 5.92 Å². The van der Waals surface area contributed by atoms with Crippen molar-refractivity contribution in [3.8, 4) is 6.07 Å². The number of nitrogen functional groups attached to an aromatic ring is 1. The first-order valence-corrected chi connectivity index (χ1v) is 13.6. The highest BCUT2D eigenvalue weighted by atomic mass is 32.1. The van der Waals surface area contributed by atoms with Crippen molar-refractivity contribution in [2.45, 2.75) is 63.7 Å². The Morgan fingerprint density at radius 1 is 1.27 bits per heavy atom. The first-order valence-electron chi connectivity index (χ1n) is 12.8. The minimum absolute atomic E-state index is 0.0563. The molecule has 1 atom stereocenters. The number of halogens is 2. The van der Waals surface area contributed by atoms with Crippen LogP contribution in [0.4, 0.5) is 19.7 Å². The van der Waals surface area contributed by atoms with Crippen LogP contribution in [0.2, 0.25) is 0 Å². The topological polar surface area (TPSA) is 134 Å². The Morgan fingerprint density at radius 3 is 2.81 bits per heavy atom. The van der Waals surface area contributed by atoms with Gasteiger partial charge in [-0.1, -0.05) is 13.8 Å². The molecule has 3 heterocycles. The molecule has 1 aliphatic heterocycles. The molecule has 37 heavy (non-hydrogen) atoms. The molecule has 2 aliphatic carbocycles. The monoisotopic (exact) mass is 529 g/mol. The number of allylic oxidation sites excluding steroid dienone is 1. The summed E-state index contributed by atoms with van der Waals surface area (Å²) in [7, 11) is 0. The number of rotatable bonds is 2. The number of hydrogen-bond donors (Lipinski definition) is 3. The molecule has 1 saturated carbocycles. The number of nitrogens with one attached hydrogen (secondary N) is 1. The van der Waals surface area contributed by atoms with Gasteiger partial charge >= 0.3 is 0 Å². The summed E-state index contributed by atoms with van der Waals surface area (Å²) >= 11 is 1.22. The number of alkyl halides is 2. The zero-order valence-corrected chi connectivity index (χ0v) is 22.1. The van der Waals surface area contributed by atoms with Gasteiger partial charge in [-0.2, -0.15) is 5.26 Å². The Labute approximate surface area is 219 Å². The van der Waals surface area contributed by atoms with Crippen molar-refractivity contribution in [1.29, 1.82) is 5.26 Å². The van der Waals surface area contributed by atoms with Crippen LogP contribution < -0.4 is 21.7 Å². The van der Waals surface area contributed by atoms with E-state index in [2.05, 4.69) is 21.4 Å². The highest BCUT2D eigenvalue weighted by Gasteiger charge is 2.57. The van der Waals surface area contributed by atoms with Crippen molar-refractivity contribution in [2.24, 2.45) is 5.73 Å². The third kappa shape index (κ3) is 4.92. The maximum Gasteiger partial charge on any atom is 0.253 e. The predicted octanol–water partition coefficient (Wildman–Crippen LogP) is 3.76. The fourth-order valence-corrected chi connectivity index (χ4v) is 6.81. The molecule has 1 saturated heterocycles. The first-order chi connectivity index (χ1) is 17.8. The normalized spacial score (nSPS) is 24.4. The average Bonchev–Trinajstić information content (AvgIpc) is 3.05. The minimum Gasteiger partial charge on any atom is -0.397 e. The van der Waals surface area contributed by atoms with Crippen LogP contribution in [0.5, 0.6) is 0 Å². The van der Waals surface area contributed by atoms with Crippen LogP contribution in [-0.4, -0.2) is 47.9 Å². The molecule has 0 radical (unpaired) electrons. The Kier molecular flexibility index (Phi) is 7.80. The smallest absolute Gasteiger partial charge is 0.253 e. The standard InChI is InChI=1S/C24H27F2N7OS.C2H6/c25-24(26)11-14(19(28)16-4-7-31-22(32-16)33-9-2-6-30-8-10-33)20(34)23(13-24)5-1-3-17-18(23)15(12-27)21(29)35-17;1-2/h4,7,30H,1-3,5-6,8-11,13,28-29H2;1-2H3/b19-14-;. The second-order valence-electron chi connectivity index (χ2n) is 9.45. The molecule has 11 heteroatoms. The molecule has 2 aromatic rings. The molecular weight excluding hydrogens is 496 g/mol. The maximum atomic E-state index is 15.3. The minimum atomic E-state index is -3.17. The van der Waals surface area contributed by atoms with Crippen LogP contribution in [0.3, 0.4) is 0 Å². The van der Waals surface area contributed by atoms with Gasteiger partial charge < -0.3 is 21.7 Å². The van der Waals surface area contributed by atoms with Crippen LogP contribution in [0, 0.1) is 11.3 Å². The summed E-state index contributed by atoms with van der Waals surface area (Å²) in [6.07, 6.45) is 2.45. The summed E-state index contributed by atoms with van der Waals surface area (Å²) in [5.41, 5.74) is 11.5. The summed E-state index contributed by atoms with van der Waals surface area (Å²) in [4.78, 5) is 25.7. The molecule has 2 fully saturated rings. The second-order valence-corrected chi connectivity index (χ2v) is 10.6. The van der Waals surface area contributed by atoms with Crippen LogP contribution in [0.15, 0.2) is 17.8 Å². The van der Waals surface area contributed by atoms with E-state index in [0.717, 1.165) is 30.9 Å². The van der Waals surface area contributed by atoms with Crippen LogP contribution >= 0.6 is 11.3 Å². The fourth-order valence-electron chi connectivity index (χ4n) is 5.65. The van der Waals surface area contributed by atoms with Gasteiger partial charge in [0.05, 0.1) is 22.4 Å². The van der Waals surface area contributed by atoms with Crippen LogP contribution in [0.25, 0.3) is 5.70 Å². The Bertz CT molecular complexity index is 1240. The molecule has 5 rings (SSSR count). The van der Waals surface area contributed by atoms with E-state index in [1.165, 1.54) is 17.5 Å². The Balaban J connectivity index is 0.00000156. The Morgan fingerprint density at radius 2 is 2.05 bits per heavy atom. The molecule has 1 unspecified atom stereocenters. The van der Waals surface area contributed by atoms with Gasteiger partial charge in [-0.25, -0.2) is 18.7 Å². The zero-order chi connectivity index (χ0) is 26.8. The first kappa shape index (κ1) is 26.9. The number of aryl methyl sites for hydroxylation is 1. The molecule has 198 valence electrons. The van der Waals surface area contributed by atoms with Crippen molar-refractivity contribution in [2.75, 3.05) is 36.8 Å². The number of nitriles is 1. The van der Waals surface area contributed by atoms with Crippen molar-refractivity contribution < 1.29 is 13.6 Å². The number of nitrogens with zero attached hydrogens (tertiary/aromatic N) is 4. The molecule has 1 spiro atoms. The third-order valence-corrected chi connectivity index (χ3v) is 8.26. The summed E-state index contributed by atoms with van der Waals surface area (Å²) in [6, 6.07) is 3.60. The van der Waals surface area contributed by atoms with Gasteiger partial charge in [-0.05, 0) is 38.3 Å². The van der Waals surface area contributed by atoms with E-state index in [9.17, 15) is 10.1 Å². The molecule has 0 bridgehead atoms. The number of aromatic nitrogens is 2. The molecule has 3 aliphatic rings. The lowest BCUT2D eigenvalue weighted by Gasteiger charge is -2.43. The van der Waals surface area contributed by atoms with E-state index >= 15 is 8.78 Å². The van der Waals surface area contributed by atoms with Crippen molar-refractivity contribution in [3.05, 3.63) is 39.5 Å². The van der Waals surface area contributed by atoms with Gasteiger partial charge in [0, 0.05) is 54.7 Å². The molecule has 5 N–H and O–H groups in total. The molecular formula is C26H33F2N7OS. The van der Waals surface area contributed by atoms with E-state index in [1.807, 2.05) is 18.7 Å². The van der Waals surface area contributed by atoms with Crippen LogP contribution in [0.1, 0.15) is 67.6 Å². The van der Waals surface area contributed by atoms with Gasteiger partial charge in [0.1, 0.15) is 11.1 Å². The molecule has 0 aromatic carbocycles. The van der Waals surface area contributed by atoms with E-state index in [0.29, 0.717) is 30.9 Å². The van der Waals surface area contributed by atoms with Crippen molar-refractivity contribution in [3.63, 3.8) is 0 Å². The quantitative estimate of drug-likeness (QED) is 0.501. The number of ketones is 1. The lowest BCUT2D eigenvalue weighted by molar-refractivity contribution is -0.132. The molecule has 0 amide bonds. The fraction of sp³-hybridized carbons (Fsp3) is 0.538. The van der Waals surface area contributed by atoms with Gasteiger partial charge in [-0.15, -0.1) is 11.3 Å². The summed E-state index contributed by atoms with van der Waals surface area (Å²) < 4.78 is 30.6. The number of thiophene rings is 1. The van der Waals surface area contributed by atoms with Gasteiger partial charge in [0.15, 0.2) is 5.78 Å². The second kappa shape index (κ2) is 10.7. The number of fused-ring (bicyclic) bond motifs is 2. The lowest BCUT2D eigenvalue weighted by Crippen LogP contribution is -2.49. The SMILES string of the molecule is CC.N#Cc1c(N)sc2c1C1(CCC2)CC(F)(F)C/C(=C(/N)c2ccnc(N3CCCNCC3)n2)C1=O. The van der Waals surface area contributed by atoms with E-state index < -0.39 is 30.0 Å². The maximum absolute atomic E-state index is 15.3. The Hall–Kier alpha value is -3.10. The number of carbonyl (C=O) groups excluding carboxylic acids is 1. The van der Waals surface area contributed by atoms with E-state index in [1.54, 1.807) is 6.07 Å². The summed E-state index contributed by atoms with van der Waals surface area (Å²) in [5, 5.41) is 13.3. The molecule has 2 aromatic heterocycles. The van der Waals surface area contributed by atoms with Crippen molar-refractivity contribution >= 4 is 33.8 Å². The van der Waals surface area contributed by atoms with E-state index in [4.69, 9.17) is 11.5 Å². The highest BCUT2D eigenvalue weighted by Crippen LogP contribution is 2.55. The van der Waals surface area contributed by atoms with Gasteiger partial charge in [0.2, 0.25) is 5.95 Å². The highest BCUT2D eigenvalue weighted by molar-refractivity contribution is 7.16. The largest absolute Gasteiger partial charge is 0.397 e. The van der Waals surface area contributed by atoms with Gasteiger partial charge in [-0.3, -0.25) is 4.79 Å². The van der Waals surface area contributed by atoms with Crippen molar-refractivity contribution in [1.82, 2.24) is 15.3 Å². The zero-order valence-electron chi connectivity index (χ0n) is 21.2. The number of anilines is 2. The van der Waals surface area contributed by atoms with Crippen LogP contribution in [-0.2, 0) is 16.6 Å². The number of carbonyl (C=O) groups is 1. The van der Waals surface area contributed by atoms with E-state index in [-0.39, 0.29) is 33.9 Å².